The van der Waals surface area contributed by atoms with Gasteiger partial charge in [-0.3, -0.25) is 9.48 Å². The van der Waals surface area contributed by atoms with Crippen molar-refractivity contribution in [3.05, 3.63) is 36.2 Å². The number of benzene rings is 1. The molecule has 0 spiro atoms. The number of nitrogens with zero attached hydrogens (tertiary/aromatic N) is 3. The van der Waals surface area contributed by atoms with E-state index in [-0.39, 0.29) is 5.91 Å². The summed E-state index contributed by atoms with van der Waals surface area (Å²) in [5.74, 6) is -0.172. The van der Waals surface area contributed by atoms with Crippen LogP contribution in [0.5, 0.6) is 0 Å². The fourth-order valence-electron chi connectivity index (χ4n) is 1.89. The summed E-state index contributed by atoms with van der Waals surface area (Å²) >= 11 is 1.37. The Morgan fingerprint density at radius 3 is 3.10 bits per heavy atom. The number of hydrogen-bond donors (Lipinski definition) is 2. The molecule has 3 N–H and O–H groups in total. The zero-order valence-corrected chi connectivity index (χ0v) is 11.6. The van der Waals surface area contributed by atoms with E-state index in [1.54, 1.807) is 35.3 Å². The molecular formula is C13H13N5OS. The third-order valence-electron chi connectivity index (χ3n) is 2.88. The Balaban J connectivity index is 1.84. The van der Waals surface area contributed by atoms with E-state index in [1.165, 1.54) is 11.3 Å². The number of nitrogens with two attached hydrogens (primary N) is 1. The van der Waals surface area contributed by atoms with Gasteiger partial charge in [-0.15, -0.1) is 0 Å². The van der Waals surface area contributed by atoms with Crippen molar-refractivity contribution in [2.75, 3.05) is 11.1 Å². The standard InChI is InChI=1S/C13H13N5OS/c1-2-18-7-9(6-15-18)16-12(19)8-3-4-10-11(5-8)20-13(14)17-10/h3-7H,2H2,1H3,(H2,14,17)(H,16,19). The number of nitrogens with one attached hydrogen (secondary N) is 1. The third kappa shape index (κ3) is 2.35. The van der Waals surface area contributed by atoms with E-state index >= 15 is 0 Å². The summed E-state index contributed by atoms with van der Waals surface area (Å²) in [5.41, 5.74) is 7.72. The zero-order chi connectivity index (χ0) is 14.1. The average Bonchev–Trinajstić information content (AvgIpc) is 3.02. The number of amides is 1. The topological polar surface area (TPSA) is 85.8 Å². The van der Waals surface area contributed by atoms with Crippen molar-refractivity contribution in [3.63, 3.8) is 0 Å². The smallest absolute Gasteiger partial charge is 0.255 e. The second-order valence-corrected chi connectivity index (χ2v) is 5.34. The van der Waals surface area contributed by atoms with Crippen molar-refractivity contribution < 1.29 is 4.79 Å². The highest BCUT2D eigenvalue weighted by Crippen LogP contribution is 2.24. The van der Waals surface area contributed by atoms with Crippen molar-refractivity contribution in [2.24, 2.45) is 0 Å². The second kappa shape index (κ2) is 4.93. The molecule has 0 saturated heterocycles. The van der Waals surface area contributed by atoms with Crippen LogP contribution in [0.1, 0.15) is 17.3 Å². The predicted molar refractivity (Wildman–Crippen MR) is 79.9 cm³/mol. The van der Waals surface area contributed by atoms with Gasteiger partial charge >= 0.3 is 0 Å². The summed E-state index contributed by atoms with van der Waals surface area (Å²) < 4.78 is 2.65. The molecule has 1 aromatic carbocycles. The van der Waals surface area contributed by atoms with Crippen molar-refractivity contribution in [1.29, 1.82) is 0 Å². The van der Waals surface area contributed by atoms with Crippen LogP contribution >= 0.6 is 11.3 Å². The van der Waals surface area contributed by atoms with Gasteiger partial charge in [-0.2, -0.15) is 5.10 Å². The van der Waals surface area contributed by atoms with Crippen LogP contribution in [0.2, 0.25) is 0 Å². The summed E-state index contributed by atoms with van der Waals surface area (Å²) in [6.45, 7) is 2.75. The van der Waals surface area contributed by atoms with Crippen molar-refractivity contribution >= 4 is 38.3 Å². The molecule has 2 heterocycles. The number of aryl methyl sites for hydroxylation is 1. The molecule has 0 bridgehead atoms. The lowest BCUT2D eigenvalue weighted by Crippen LogP contribution is -2.11. The van der Waals surface area contributed by atoms with Crippen LogP contribution < -0.4 is 11.1 Å². The second-order valence-electron chi connectivity index (χ2n) is 4.27. The molecule has 0 aliphatic rings. The van der Waals surface area contributed by atoms with E-state index in [0.717, 1.165) is 16.8 Å². The molecule has 0 radical (unpaired) electrons. The maximum absolute atomic E-state index is 12.2. The van der Waals surface area contributed by atoms with Crippen LogP contribution in [-0.2, 0) is 6.54 Å². The summed E-state index contributed by atoms with van der Waals surface area (Å²) in [5, 5.41) is 7.43. The molecule has 6 nitrogen and oxygen atoms in total. The van der Waals surface area contributed by atoms with Gasteiger partial charge in [0.05, 0.1) is 22.1 Å². The van der Waals surface area contributed by atoms with Crippen LogP contribution in [0.3, 0.4) is 0 Å². The van der Waals surface area contributed by atoms with E-state index in [0.29, 0.717) is 16.4 Å². The molecule has 0 atom stereocenters. The number of thiazole rings is 1. The summed E-state index contributed by atoms with van der Waals surface area (Å²) in [6, 6.07) is 5.33. The summed E-state index contributed by atoms with van der Waals surface area (Å²) in [6.07, 6.45) is 3.42. The first-order chi connectivity index (χ1) is 9.65. The van der Waals surface area contributed by atoms with Gasteiger partial charge in [0.1, 0.15) is 0 Å². The first-order valence-corrected chi connectivity index (χ1v) is 6.97. The Morgan fingerprint density at radius 2 is 2.35 bits per heavy atom. The SMILES string of the molecule is CCn1cc(NC(=O)c2ccc3nc(N)sc3c2)cn1. The number of rotatable bonds is 3. The maximum Gasteiger partial charge on any atom is 0.255 e. The molecule has 20 heavy (non-hydrogen) atoms. The number of carbonyl (C=O) groups is 1. The molecule has 0 fully saturated rings. The van der Waals surface area contributed by atoms with E-state index in [1.807, 2.05) is 6.92 Å². The molecule has 3 rings (SSSR count). The van der Waals surface area contributed by atoms with Crippen molar-refractivity contribution in [3.8, 4) is 0 Å². The fraction of sp³-hybridized carbons (Fsp3) is 0.154. The summed E-state index contributed by atoms with van der Waals surface area (Å²) in [4.78, 5) is 16.3. The normalized spacial score (nSPS) is 10.8. The predicted octanol–water partition coefficient (Wildman–Crippen LogP) is 2.35. The summed E-state index contributed by atoms with van der Waals surface area (Å²) in [7, 11) is 0. The molecule has 0 saturated carbocycles. The highest BCUT2D eigenvalue weighted by molar-refractivity contribution is 7.22. The number of hydrogen-bond acceptors (Lipinski definition) is 5. The number of nitrogen functional groups attached to an aromatic ring is 1. The van der Waals surface area contributed by atoms with Crippen LogP contribution in [-0.4, -0.2) is 20.7 Å². The van der Waals surface area contributed by atoms with Gasteiger partial charge in [0.2, 0.25) is 0 Å². The Bertz CT molecular complexity index is 776. The largest absolute Gasteiger partial charge is 0.375 e. The van der Waals surface area contributed by atoms with Crippen molar-refractivity contribution in [1.82, 2.24) is 14.8 Å². The minimum atomic E-state index is -0.172. The Hall–Kier alpha value is -2.41. The lowest BCUT2D eigenvalue weighted by Gasteiger charge is -2.02. The van der Waals surface area contributed by atoms with Gasteiger partial charge in [-0.25, -0.2) is 4.98 Å². The van der Waals surface area contributed by atoms with E-state index in [4.69, 9.17) is 5.73 Å². The van der Waals surface area contributed by atoms with Gasteiger partial charge in [0.25, 0.3) is 5.91 Å². The molecule has 7 heteroatoms. The monoisotopic (exact) mass is 287 g/mol. The molecule has 0 unspecified atom stereocenters. The fourth-order valence-corrected chi connectivity index (χ4v) is 2.66. The Labute approximate surface area is 119 Å². The number of anilines is 2. The van der Waals surface area contributed by atoms with Crippen LogP contribution in [0.4, 0.5) is 10.8 Å². The lowest BCUT2D eigenvalue weighted by atomic mass is 10.2. The average molecular weight is 287 g/mol. The van der Waals surface area contributed by atoms with Crippen LogP contribution in [0.25, 0.3) is 10.2 Å². The molecule has 3 aromatic rings. The molecule has 102 valence electrons. The maximum atomic E-state index is 12.2. The van der Waals surface area contributed by atoms with Gasteiger partial charge in [0, 0.05) is 18.3 Å². The number of fused-ring (bicyclic) bond motifs is 1. The molecule has 1 amide bonds. The van der Waals surface area contributed by atoms with E-state index < -0.39 is 0 Å². The number of aromatic nitrogens is 3. The molecule has 0 aliphatic carbocycles. The number of carbonyl (C=O) groups excluding carboxylic acids is 1. The van der Waals surface area contributed by atoms with E-state index in [2.05, 4.69) is 15.4 Å². The van der Waals surface area contributed by atoms with Gasteiger partial charge in [-0.05, 0) is 25.1 Å². The Kier molecular flexibility index (Phi) is 3.11. The lowest BCUT2D eigenvalue weighted by molar-refractivity contribution is 0.102. The minimum Gasteiger partial charge on any atom is -0.375 e. The first-order valence-electron chi connectivity index (χ1n) is 6.15. The van der Waals surface area contributed by atoms with E-state index in [9.17, 15) is 4.79 Å². The molecule has 0 aliphatic heterocycles. The van der Waals surface area contributed by atoms with Crippen molar-refractivity contribution in [2.45, 2.75) is 13.5 Å². The zero-order valence-electron chi connectivity index (χ0n) is 10.8. The highest BCUT2D eigenvalue weighted by atomic mass is 32.1. The van der Waals surface area contributed by atoms with Gasteiger partial charge < -0.3 is 11.1 Å². The highest BCUT2D eigenvalue weighted by Gasteiger charge is 2.10. The third-order valence-corrected chi connectivity index (χ3v) is 3.73. The van der Waals surface area contributed by atoms with Gasteiger partial charge in [-0.1, -0.05) is 11.3 Å². The molecular weight excluding hydrogens is 274 g/mol. The van der Waals surface area contributed by atoms with Crippen LogP contribution in [0.15, 0.2) is 30.6 Å². The first kappa shape index (κ1) is 12.6. The van der Waals surface area contributed by atoms with Gasteiger partial charge in [0.15, 0.2) is 5.13 Å². The van der Waals surface area contributed by atoms with Crippen LogP contribution in [0, 0.1) is 0 Å². The Morgan fingerprint density at radius 1 is 1.50 bits per heavy atom. The quantitative estimate of drug-likeness (QED) is 0.774. The minimum absolute atomic E-state index is 0.172. The molecule has 2 aromatic heterocycles.